The summed E-state index contributed by atoms with van der Waals surface area (Å²) in [7, 11) is 0. The molecular formula is C33H59NO3. The van der Waals surface area contributed by atoms with Gasteiger partial charge in [0.25, 0.3) is 0 Å². The number of hydrogen-bond acceptors (Lipinski definition) is 3. The Kier molecular flexibility index (Phi) is 10.6. The molecule has 1 aliphatic heterocycles. The minimum Gasteiger partial charge on any atom is -0.446 e. The third-order valence-corrected chi connectivity index (χ3v) is 10.8. The molecule has 1 N–H and O–H groups in total. The second-order valence-electron chi connectivity index (χ2n) is 14.0. The van der Waals surface area contributed by atoms with E-state index < -0.39 is 0 Å². The van der Waals surface area contributed by atoms with Gasteiger partial charge < -0.3 is 14.8 Å². The van der Waals surface area contributed by atoms with E-state index in [4.69, 9.17) is 9.47 Å². The lowest BCUT2D eigenvalue weighted by molar-refractivity contribution is -0.261. The maximum Gasteiger partial charge on any atom is 0.407 e. The fourth-order valence-electron chi connectivity index (χ4n) is 8.58. The van der Waals surface area contributed by atoms with Crippen LogP contribution >= 0.6 is 0 Å². The van der Waals surface area contributed by atoms with Gasteiger partial charge in [0, 0.05) is 12.0 Å². The lowest BCUT2D eigenvalue weighted by Gasteiger charge is -2.66. The first kappa shape index (κ1) is 30.5. The monoisotopic (exact) mass is 517 g/mol. The van der Waals surface area contributed by atoms with Crippen molar-refractivity contribution in [3.8, 4) is 0 Å². The van der Waals surface area contributed by atoms with Gasteiger partial charge in [0.05, 0.1) is 11.2 Å². The zero-order valence-electron chi connectivity index (χ0n) is 25.3. The van der Waals surface area contributed by atoms with Crippen LogP contribution in [0.5, 0.6) is 0 Å². The maximum atomic E-state index is 12.7. The number of carbonyl (C=O) groups excluding carboxylic acids is 1. The Labute approximate surface area is 229 Å². The molecule has 3 rings (SSSR count). The third-order valence-electron chi connectivity index (χ3n) is 10.8. The van der Waals surface area contributed by atoms with Gasteiger partial charge in [-0.2, -0.15) is 0 Å². The molecule has 4 nitrogen and oxygen atoms in total. The zero-order valence-corrected chi connectivity index (χ0v) is 25.3. The van der Waals surface area contributed by atoms with E-state index in [1.807, 2.05) is 6.08 Å². The standard InChI is InChI=1S/C33H59NO3/c1-8-10-11-12-13-14-15-16-17-18-25-34-29(35)36-28-21-23-32(6)26(30(28,3)4)20-24-33(7)27(32)19-22-31(5,9-2)37-33/h9,26-28H,2,8,10-25H2,1,3-7H3,(H,34,35)/t26-,27+,28-,31+,32-,33+/m1/s1. The number of unbranched alkanes of at least 4 members (excludes halogenated alkanes) is 9. The molecule has 3 fully saturated rings. The van der Waals surface area contributed by atoms with Crippen LogP contribution in [0.2, 0.25) is 0 Å². The molecule has 0 aromatic heterocycles. The minimum absolute atomic E-state index is 0.0226. The van der Waals surface area contributed by atoms with Gasteiger partial charge in [0.2, 0.25) is 0 Å². The van der Waals surface area contributed by atoms with Crippen molar-refractivity contribution in [2.45, 2.75) is 162 Å². The molecule has 0 bridgehead atoms. The Morgan fingerprint density at radius 3 is 2.08 bits per heavy atom. The predicted molar refractivity (Wildman–Crippen MR) is 155 cm³/mol. The zero-order chi connectivity index (χ0) is 27.2. The lowest BCUT2D eigenvalue weighted by Crippen LogP contribution is -2.64. The molecule has 1 amide bonds. The molecule has 2 saturated carbocycles. The number of hydrogen-bond donors (Lipinski definition) is 1. The largest absolute Gasteiger partial charge is 0.446 e. The molecule has 0 aromatic rings. The molecule has 214 valence electrons. The van der Waals surface area contributed by atoms with Crippen molar-refractivity contribution in [3.05, 3.63) is 12.7 Å². The minimum atomic E-state index is -0.221. The Morgan fingerprint density at radius 1 is 0.865 bits per heavy atom. The molecule has 2 aliphatic carbocycles. The number of alkyl carbamates (subject to hydrolysis) is 1. The van der Waals surface area contributed by atoms with Gasteiger partial charge in [-0.25, -0.2) is 4.79 Å². The van der Waals surface area contributed by atoms with E-state index in [0.29, 0.717) is 11.8 Å². The van der Waals surface area contributed by atoms with Gasteiger partial charge in [0.15, 0.2) is 0 Å². The predicted octanol–water partition coefficient (Wildman–Crippen LogP) is 9.37. The van der Waals surface area contributed by atoms with Gasteiger partial charge in [-0.1, -0.05) is 91.6 Å². The lowest BCUT2D eigenvalue weighted by atomic mass is 9.44. The van der Waals surface area contributed by atoms with Crippen molar-refractivity contribution >= 4 is 6.09 Å². The summed E-state index contributed by atoms with van der Waals surface area (Å²) in [6.45, 7) is 18.8. The Morgan fingerprint density at radius 2 is 1.46 bits per heavy atom. The van der Waals surface area contributed by atoms with Crippen molar-refractivity contribution in [2.75, 3.05) is 6.54 Å². The molecule has 3 aliphatic rings. The van der Waals surface area contributed by atoms with Crippen LogP contribution < -0.4 is 5.32 Å². The van der Waals surface area contributed by atoms with Gasteiger partial charge in [-0.05, 0) is 76.0 Å². The van der Waals surface area contributed by atoms with Gasteiger partial charge >= 0.3 is 6.09 Å². The Balaban J connectivity index is 1.42. The molecule has 0 spiro atoms. The number of ether oxygens (including phenoxy) is 2. The van der Waals surface area contributed by atoms with Crippen LogP contribution in [0.3, 0.4) is 0 Å². The van der Waals surface area contributed by atoms with Crippen LogP contribution in [0.4, 0.5) is 4.79 Å². The molecule has 0 aromatic carbocycles. The van der Waals surface area contributed by atoms with Crippen LogP contribution in [0.1, 0.15) is 144 Å². The number of fused-ring (bicyclic) bond motifs is 3. The van der Waals surface area contributed by atoms with Crippen LogP contribution in [0.25, 0.3) is 0 Å². The van der Waals surface area contributed by atoms with Crippen LogP contribution in [-0.4, -0.2) is 29.9 Å². The first-order valence-electron chi connectivity index (χ1n) is 15.8. The number of rotatable bonds is 13. The van der Waals surface area contributed by atoms with Crippen molar-refractivity contribution < 1.29 is 14.3 Å². The van der Waals surface area contributed by atoms with E-state index in [1.165, 1.54) is 64.2 Å². The summed E-state index contributed by atoms with van der Waals surface area (Å²) < 4.78 is 12.9. The Hall–Kier alpha value is -1.03. The molecule has 0 radical (unpaired) electrons. The van der Waals surface area contributed by atoms with E-state index >= 15 is 0 Å². The average Bonchev–Trinajstić information content (AvgIpc) is 2.83. The molecule has 0 unspecified atom stereocenters. The fraction of sp³-hybridized carbons (Fsp3) is 0.909. The smallest absolute Gasteiger partial charge is 0.407 e. The summed E-state index contributed by atoms with van der Waals surface area (Å²) >= 11 is 0. The van der Waals surface area contributed by atoms with Crippen molar-refractivity contribution in [1.29, 1.82) is 0 Å². The molecule has 37 heavy (non-hydrogen) atoms. The summed E-state index contributed by atoms with van der Waals surface area (Å²) in [5.74, 6) is 1.07. The van der Waals surface area contributed by atoms with E-state index in [2.05, 4.69) is 53.4 Å². The first-order valence-corrected chi connectivity index (χ1v) is 15.8. The van der Waals surface area contributed by atoms with Crippen LogP contribution in [-0.2, 0) is 9.47 Å². The normalized spacial score (nSPS) is 36.8. The second-order valence-corrected chi connectivity index (χ2v) is 14.0. The fourth-order valence-corrected chi connectivity index (χ4v) is 8.58. The quantitative estimate of drug-likeness (QED) is 0.195. The summed E-state index contributed by atoms with van der Waals surface area (Å²) in [5.41, 5.74) is -0.132. The highest BCUT2D eigenvalue weighted by molar-refractivity contribution is 5.67. The number of carbonyl (C=O) groups is 1. The topological polar surface area (TPSA) is 47.6 Å². The molecule has 1 heterocycles. The summed E-state index contributed by atoms with van der Waals surface area (Å²) in [6.07, 6.45) is 21.3. The molecule has 1 saturated heterocycles. The van der Waals surface area contributed by atoms with Crippen LogP contribution in [0, 0.1) is 22.7 Å². The van der Waals surface area contributed by atoms with E-state index in [0.717, 1.165) is 45.1 Å². The number of nitrogens with one attached hydrogen (secondary N) is 1. The maximum absolute atomic E-state index is 12.7. The SMILES string of the molecule is C=C[C@@]1(C)CC[C@H]2[C@]3(C)CC[C@@H](OC(=O)NCCCCCCCCCCCC)C(C)(C)[C@H]3CC[C@]2(C)O1. The summed E-state index contributed by atoms with van der Waals surface area (Å²) in [4.78, 5) is 12.7. The van der Waals surface area contributed by atoms with Gasteiger partial charge in [0.1, 0.15) is 6.10 Å². The van der Waals surface area contributed by atoms with Crippen molar-refractivity contribution in [1.82, 2.24) is 5.32 Å². The van der Waals surface area contributed by atoms with Gasteiger partial charge in [-0.15, -0.1) is 6.58 Å². The van der Waals surface area contributed by atoms with E-state index in [1.54, 1.807) is 0 Å². The molecular weight excluding hydrogens is 458 g/mol. The highest BCUT2D eigenvalue weighted by Gasteiger charge is 2.63. The summed E-state index contributed by atoms with van der Waals surface area (Å²) in [5, 5.41) is 3.05. The third kappa shape index (κ3) is 7.14. The summed E-state index contributed by atoms with van der Waals surface area (Å²) in [6, 6.07) is 0. The molecule has 6 atom stereocenters. The highest BCUT2D eigenvalue weighted by atomic mass is 16.6. The van der Waals surface area contributed by atoms with Gasteiger partial charge in [-0.3, -0.25) is 0 Å². The van der Waals surface area contributed by atoms with Crippen LogP contribution in [0.15, 0.2) is 12.7 Å². The van der Waals surface area contributed by atoms with E-state index in [-0.39, 0.29) is 34.2 Å². The van der Waals surface area contributed by atoms with Crippen molar-refractivity contribution in [2.24, 2.45) is 22.7 Å². The second kappa shape index (κ2) is 12.9. The highest BCUT2D eigenvalue weighted by Crippen LogP contribution is 2.66. The molecule has 4 heteroatoms. The van der Waals surface area contributed by atoms with E-state index in [9.17, 15) is 4.79 Å². The average molecular weight is 518 g/mol. The number of amides is 1. The van der Waals surface area contributed by atoms with Crippen molar-refractivity contribution in [3.63, 3.8) is 0 Å². The Bertz CT molecular complexity index is 750. The first-order chi connectivity index (χ1) is 17.5.